The van der Waals surface area contributed by atoms with Crippen LogP contribution in [0.15, 0.2) is 61.6 Å². The van der Waals surface area contributed by atoms with Crippen LogP contribution in [0, 0.1) is 23.7 Å². The molecule has 204 valence electrons. The first kappa shape index (κ1) is 25.3. The fourth-order valence-electron chi connectivity index (χ4n) is 7.08. The lowest BCUT2D eigenvalue weighted by molar-refractivity contribution is 0.0637. The highest BCUT2D eigenvalue weighted by Gasteiger charge is 2.50. The van der Waals surface area contributed by atoms with Crippen LogP contribution in [0.4, 0.5) is 4.39 Å². The number of fused-ring (bicyclic) bond motifs is 4. The van der Waals surface area contributed by atoms with Crippen LogP contribution in [0.2, 0.25) is 0 Å². The molecule has 0 aromatic rings. The number of aliphatic imine (C=N–C) groups is 3. The van der Waals surface area contributed by atoms with Gasteiger partial charge in [0.05, 0.1) is 6.61 Å². The topological polar surface area (TPSA) is 90.8 Å². The maximum Gasteiger partial charge on any atom is 0.293 e. The van der Waals surface area contributed by atoms with E-state index in [1.54, 1.807) is 11.8 Å². The van der Waals surface area contributed by atoms with E-state index in [1.807, 2.05) is 20.8 Å². The Morgan fingerprint density at radius 3 is 2.71 bits per heavy atom. The Hall–Kier alpha value is -2.94. The summed E-state index contributed by atoms with van der Waals surface area (Å²) < 4.78 is 20.5. The van der Waals surface area contributed by atoms with Crippen molar-refractivity contribution in [3.8, 4) is 0 Å². The highest BCUT2D eigenvalue weighted by atomic mass is 19.1. The zero-order valence-electron chi connectivity index (χ0n) is 23.0. The van der Waals surface area contributed by atoms with Gasteiger partial charge in [0, 0.05) is 37.0 Å². The first-order valence-corrected chi connectivity index (χ1v) is 14.1. The summed E-state index contributed by atoms with van der Waals surface area (Å²) >= 11 is 0. The second-order valence-corrected chi connectivity index (χ2v) is 11.7. The third-order valence-electron chi connectivity index (χ3n) is 9.31. The molecular formula is C29H40FN7O. The Balaban J connectivity index is 1.34. The third kappa shape index (κ3) is 4.19. The lowest BCUT2D eigenvalue weighted by atomic mass is 9.70. The molecule has 3 N–H and O–H groups in total. The Morgan fingerprint density at radius 2 is 2.03 bits per heavy atom. The summed E-state index contributed by atoms with van der Waals surface area (Å²) in [6, 6.07) is 0.375. The lowest BCUT2D eigenvalue weighted by Crippen LogP contribution is -2.52. The van der Waals surface area contributed by atoms with Crippen LogP contribution in [-0.4, -0.2) is 72.5 Å². The molecule has 1 aliphatic carbocycles. The molecule has 2 bridgehead atoms. The number of allylic oxidation sites excluding steroid dienone is 2. The number of nitrogens with one attached hydrogen (secondary N) is 1. The summed E-state index contributed by atoms with van der Waals surface area (Å²) in [5.41, 5.74) is 9.88. The van der Waals surface area contributed by atoms with Gasteiger partial charge in [-0.1, -0.05) is 37.1 Å². The van der Waals surface area contributed by atoms with Gasteiger partial charge in [-0.15, -0.1) is 0 Å². The predicted molar refractivity (Wildman–Crippen MR) is 149 cm³/mol. The summed E-state index contributed by atoms with van der Waals surface area (Å²) in [6.07, 6.45) is 10.3. The number of ether oxygens (including phenoxy) is 1. The molecule has 3 saturated heterocycles. The first-order valence-electron chi connectivity index (χ1n) is 14.1. The second-order valence-electron chi connectivity index (χ2n) is 11.7. The minimum Gasteiger partial charge on any atom is -0.465 e. The molecule has 7 rings (SSSR count). The van der Waals surface area contributed by atoms with Crippen LogP contribution >= 0.6 is 0 Å². The van der Waals surface area contributed by atoms with E-state index < -0.39 is 11.8 Å². The molecule has 0 spiro atoms. The van der Waals surface area contributed by atoms with Gasteiger partial charge in [0.15, 0.2) is 5.66 Å². The highest BCUT2D eigenvalue weighted by Crippen LogP contribution is 2.44. The molecule has 38 heavy (non-hydrogen) atoms. The zero-order valence-corrected chi connectivity index (χ0v) is 23.0. The molecule has 0 aromatic heterocycles. The Morgan fingerprint density at radius 1 is 1.24 bits per heavy atom. The molecule has 7 aliphatic rings. The van der Waals surface area contributed by atoms with Gasteiger partial charge in [-0.2, -0.15) is 0 Å². The number of alkyl halides is 1. The summed E-state index contributed by atoms with van der Waals surface area (Å²) in [7, 11) is 0. The van der Waals surface area contributed by atoms with Crippen LogP contribution in [0.25, 0.3) is 0 Å². The van der Waals surface area contributed by atoms with E-state index in [9.17, 15) is 4.39 Å². The van der Waals surface area contributed by atoms with Crippen LogP contribution in [0.3, 0.4) is 0 Å². The smallest absolute Gasteiger partial charge is 0.293 e. The Kier molecular flexibility index (Phi) is 6.45. The van der Waals surface area contributed by atoms with E-state index in [0.717, 1.165) is 17.9 Å². The van der Waals surface area contributed by atoms with E-state index in [4.69, 9.17) is 20.5 Å². The number of hydrogen-bond donors (Lipinski definition) is 2. The third-order valence-corrected chi connectivity index (χ3v) is 9.31. The highest BCUT2D eigenvalue weighted by molar-refractivity contribution is 6.03. The quantitative estimate of drug-likeness (QED) is 0.576. The molecule has 0 radical (unpaired) electrons. The van der Waals surface area contributed by atoms with E-state index in [2.05, 4.69) is 39.2 Å². The number of hydrogen-bond acceptors (Lipinski definition) is 8. The van der Waals surface area contributed by atoms with E-state index >= 15 is 0 Å². The number of nitrogens with zero attached hydrogens (tertiary/aromatic N) is 5. The number of halogens is 1. The van der Waals surface area contributed by atoms with Crippen molar-refractivity contribution in [1.82, 2.24) is 15.1 Å². The molecule has 3 fully saturated rings. The fourth-order valence-corrected chi connectivity index (χ4v) is 7.08. The number of nitrogens with two attached hydrogens (primary N) is 1. The van der Waals surface area contributed by atoms with Gasteiger partial charge in [-0.25, -0.2) is 14.4 Å². The van der Waals surface area contributed by atoms with Crippen LogP contribution in [0.1, 0.15) is 47.0 Å². The maximum absolute atomic E-state index is 14.7. The second kappa shape index (κ2) is 9.67. The van der Waals surface area contributed by atoms with Crippen LogP contribution in [0.5, 0.6) is 0 Å². The Bertz CT molecular complexity index is 1210. The van der Waals surface area contributed by atoms with Gasteiger partial charge in [0.1, 0.15) is 23.5 Å². The number of amidine groups is 2. The molecule has 6 heterocycles. The minimum absolute atomic E-state index is 0.370. The van der Waals surface area contributed by atoms with E-state index in [-0.39, 0.29) is 5.92 Å². The monoisotopic (exact) mass is 521 g/mol. The average molecular weight is 522 g/mol. The molecular weight excluding hydrogens is 481 g/mol. The van der Waals surface area contributed by atoms with Gasteiger partial charge >= 0.3 is 0 Å². The maximum atomic E-state index is 14.7. The summed E-state index contributed by atoms with van der Waals surface area (Å²) in [4.78, 5) is 18.9. The molecule has 0 amide bonds. The van der Waals surface area contributed by atoms with Gasteiger partial charge in [-0.05, 0) is 64.0 Å². The molecule has 4 unspecified atom stereocenters. The molecule has 6 aliphatic heterocycles. The van der Waals surface area contributed by atoms with Crippen molar-refractivity contribution in [3.05, 3.63) is 46.6 Å². The van der Waals surface area contributed by atoms with Crippen molar-refractivity contribution in [2.75, 3.05) is 32.8 Å². The van der Waals surface area contributed by atoms with Gasteiger partial charge < -0.3 is 20.3 Å². The molecule has 0 saturated carbocycles. The summed E-state index contributed by atoms with van der Waals surface area (Å²) in [5.74, 6) is 2.71. The lowest BCUT2D eigenvalue weighted by Gasteiger charge is -2.47. The van der Waals surface area contributed by atoms with Crippen molar-refractivity contribution in [3.63, 3.8) is 0 Å². The number of piperidine rings is 3. The summed E-state index contributed by atoms with van der Waals surface area (Å²) in [5, 5.41) is 3.04. The largest absolute Gasteiger partial charge is 0.465 e. The van der Waals surface area contributed by atoms with Crippen molar-refractivity contribution in [2.45, 2.75) is 58.8 Å². The van der Waals surface area contributed by atoms with E-state index in [1.165, 1.54) is 44.3 Å². The van der Waals surface area contributed by atoms with Crippen LogP contribution in [-0.2, 0) is 4.74 Å². The molecule has 9 heteroatoms. The minimum atomic E-state index is -1.16. The Labute approximate surface area is 225 Å². The number of rotatable bonds is 5. The average Bonchev–Trinajstić information content (AvgIpc) is 3.19. The van der Waals surface area contributed by atoms with Gasteiger partial charge in [-0.3, -0.25) is 10.3 Å². The SMILES string of the molecule is CCOC1=NC2(C)C(=C(N)N1)N=C(C1=CN=CC(F)C1C)N2CC1=CC=C([C@@H]2CN3CCC2CC3)C(C)C1. The predicted octanol–water partition coefficient (Wildman–Crippen LogP) is 3.72. The molecule has 8 nitrogen and oxygen atoms in total. The van der Waals surface area contributed by atoms with Crippen molar-refractivity contribution < 1.29 is 9.13 Å². The van der Waals surface area contributed by atoms with E-state index in [0.29, 0.717) is 48.4 Å². The standard InChI is InChI=1S/C29H40FN7O/c1-5-38-28-34-26(31)25-29(4,35-28)37(27(33-25)22-13-32-14-24(30)18(22)3)15-19-6-7-21(17(2)12-19)23-16-36-10-8-20(23)9-11-36/h6-7,13-14,17-18,20,23-24H,5,8-12,15-16,31H2,1-4H3,(H,34,35)/t17?,18?,23-,24?,29?/m1/s1. The molecule has 0 aromatic carbocycles. The van der Waals surface area contributed by atoms with Crippen LogP contribution < -0.4 is 11.1 Å². The van der Waals surface area contributed by atoms with Crippen molar-refractivity contribution in [2.24, 2.45) is 44.4 Å². The molecule has 5 atom stereocenters. The van der Waals surface area contributed by atoms with Gasteiger partial charge in [0.25, 0.3) is 6.02 Å². The first-order chi connectivity index (χ1) is 18.3. The van der Waals surface area contributed by atoms with Crippen molar-refractivity contribution in [1.29, 1.82) is 0 Å². The zero-order chi connectivity index (χ0) is 26.6. The fraction of sp³-hybridized carbons (Fsp3) is 0.621. The normalized spacial score (nSPS) is 38.1. The summed E-state index contributed by atoms with van der Waals surface area (Å²) in [6.45, 7) is 13.0. The van der Waals surface area contributed by atoms with Crippen molar-refractivity contribution >= 4 is 18.1 Å². The van der Waals surface area contributed by atoms with Gasteiger partial charge in [0.2, 0.25) is 0 Å².